The van der Waals surface area contributed by atoms with Crippen molar-refractivity contribution in [3.8, 4) is 17.2 Å². The van der Waals surface area contributed by atoms with Crippen LogP contribution in [0.1, 0.15) is 17.2 Å². The van der Waals surface area contributed by atoms with E-state index < -0.39 is 0 Å². The van der Waals surface area contributed by atoms with Gasteiger partial charge in [-0.25, -0.2) is 0 Å². The number of hydrogen-bond acceptors (Lipinski definition) is 6. The number of benzene rings is 3. The molecular formula is C25H21N3O3S. The van der Waals surface area contributed by atoms with E-state index in [9.17, 15) is 4.79 Å². The van der Waals surface area contributed by atoms with Gasteiger partial charge in [-0.05, 0) is 36.8 Å². The van der Waals surface area contributed by atoms with Crippen LogP contribution in [0.2, 0.25) is 0 Å². The van der Waals surface area contributed by atoms with Gasteiger partial charge >= 0.3 is 0 Å². The first kappa shape index (κ1) is 20.3. The number of hydrogen-bond donors (Lipinski definition) is 0. The first-order valence-electron chi connectivity index (χ1n) is 10.3. The monoisotopic (exact) mass is 443 g/mol. The molecule has 0 aliphatic carbocycles. The molecule has 0 saturated carbocycles. The minimum Gasteiger partial charge on any atom is -0.489 e. The molecule has 0 radical (unpaired) electrons. The van der Waals surface area contributed by atoms with Crippen LogP contribution in [-0.2, 0) is 4.79 Å². The van der Waals surface area contributed by atoms with Crippen LogP contribution >= 0.6 is 11.8 Å². The topological polar surface area (TPSA) is 68.5 Å². The molecule has 1 aromatic heterocycles. The lowest BCUT2D eigenvalue weighted by molar-refractivity contribution is -0.117. The van der Waals surface area contributed by atoms with Gasteiger partial charge in [0, 0.05) is 5.56 Å². The summed E-state index contributed by atoms with van der Waals surface area (Å²) in [6, 6.07) is 25.2. The van der Waals surface area contributed by atoms with Crippen molar-refractivity contribution in [3.63, 3.8) is 0 Å². The van der Waals surface area contributed by atoms with Crippen molar-refractivity contribution >= 4 is 23.4 Å². The SMILES string of the molecule is Cc1ccc(-c2nnc(SCC(=O)N3c4ccccc4OCC3c3ccccc3)o2)cc1. The Morgan fingerprint density at radius 2 is 1.75 bits per heavy atom. The first-order valence-corrected chi connectivity index (χ1v) is 11.3. The smallest absolute Gasteiger partial charge is 0.277 e. The van der Waals surface area contributed by atoms with E-state index in [0.29, 0.717) is 23.5 Å². The second kappa shape index (κ2) is 8.88. The predicted molar refractivity (Wildman–Crippen MR) is 124 cm³/mol. The largest absolute Gasteiger partial charge is 0.489 e. The molecule has 32 heavy (non-hydrogen) atoms. The van der Waals surface area contributed by atoms with Crippen molar-refractivity contribution in [1.29, 1.82) is 0 Å². The first-order chi connectivity index (χ1) is 15.7. The molecule has 0 fully saturated rings. The summed E-state index contributed by atoms with van der Waals surface area (Å²) in [4.78, 5) is 15.2. The summed E-state index contributed by atoms with van der Waals surface area (Å²) in [6.07, 6.45) is 0. The van der Waals surface area contributed by atoms with Gasteiger partial charge in [0.2, 0.25) is 11.8 Å². The number of aryl methyl sites for hydroxylation is 1. The van der Waals surface area contributed by atoms with Crippen molar-refractivity contribution in [2.24, 2.45) is 0 Å². The Hall–Kier alpha value is -3.58. The summed E-state index contributed by atoms with van der Waals surface area (Å²) in [5.41, 5.74) is 3.81. The minimum atomic E-state index is -0.204. The maximum atomic E-state index is 13.4. The van der Waals surface area contributed by atoms with Gasteiger partial charge in [-0.15, -0.1) is 10.2 Å². The van der Waals surface area contributed by atoms with E-state index in [4.69, 9.17) is 9.15 Å². The Bertz CT molecular complexity index is 1220. The highest BCUT2D eigenvalue weighted by atomic mass is 32.2. The molecule has 1 aliphatic rings. The summed E-state index contributed by atoms with van der Waals surface area (Å²) in [6.45, 7) is 2.42. The average Bonchev–Trinajstić information content (AvgIpc) is 3.32. The zero-order chi connectivity index (χ0) is 21.9. The van der Waals surface area contributed by atoms with E-state index in [1.807, 2.05) is 90.7 Å². The number of anilines is 1. The summed E-state index contributed by atoms with van der Waals surface area (Å²) in [5, 5.41) is 8.59. The van der Waals surface area contributed by atoms with Crippen LogP contribution in [0.25, 0.3) is 11.5 Å². The number of para-hydroxylation sites is 2. The van der Waals surface area contributed by atoms with Crippen molar-refractivity contribution < 1.29 is 13.9 Å². The fourth-order valence-electron chi connectivity index (χ4n) is 3.69. The molecule has 160 valence electrons. The molecule has 1 unspecified atom stereocenters. The summed E-state index contributed by atoms with van der Waals surface area (Å²) in [7, 11) is 0. The standard InChI is InChI=1S/C25H21N3O3S/c1-17-11-13-19(14-12-17)24-26-27-25(31-24)32-16-23(29)28-20-9-5-6-10-22(20)30-15-21(28)18-7-3-2-4-8-18/h2-14,21H,15-16H2,1H3. The number of amides is 1. The normalized spacial score (nSPS) is 15.2. The number of thioether (sulfide) groups is 1. The highest BCUT2D eigenvalue weighted by Crippen LogP contribution is 2.39. The molecule has 1 atom stereocenters. The quantitative estimate of drug-likeness (QED) is 0.390. The molecule has 1 amide bonds. The Balaban J connectivity index is 1.36. The molecule has 0 bridgehead atoms. The molecule has 3 aromatic carbocycles. The minimum absolute atomic E-state index is 0.0466. The van der Waals surface area contributed by atoms with E-state index >= 15 is 0 Å². The van der Waals surface area contributed by atoms with Crippen LogP contribution in [0.3, 0.4) is 0 Å². The number of carbonyl (C=O) groups is 1. The zero-order valence-corrected chi connectivity index (χ0v) is 18.3. The lowest BCUT2D eigenvalue weighted by atomic mass is 10.0. The van der Waals surface area contributed by atoms with Gasteiger partial charge in [0.15, 0.2) is 0 Å². The summed E-state index contributed by atoms with van der Waals surface area (Å²) < 4.78 is 11.7. The van der Waals surface area contributed by atoms with E-state index in [2.05, 4.69) is 10.2 Å². The van der Waals surface area contributed by atoms with Crippen LogP contribution < -0.4 is 9.64 Å². The summed E-state index contributed by atoms with van der Waals surface area (Å²) in [5.74, 6) is 1.28. The number of ether oxygens (including phenoxy) is 1. The second-order valence-corrected chi connectivity index (χ2v) is 8.42. The molecule has 2 heterocycles. The molecule has 5 rings (SSSR count). The third kappa shape index (κ3) is 4.11. The molecule has 6 nitrogen and oxygen atoms in total. The lowest BCUT2D eigenvalue weighted by Gasteiger charge is -2.37. The van der Waals surface area contributed by atoms with E-state index in [-0.39, 0.29) is 17.7 Å². The van der Waals surface area contributed by atoms with Gasteiger partial charge in [0.25, 0.3) is 5.22 Å². The number of rotatable bonds is 5. The fraction of sp³-hybridized carbons (Fsp3) is 0.160. The Kier molecular flexibility index (Phi) is 5.64. The van der Waals surface area contributed by atoms with Gasteiger partial charge in [-0.3, -0.25) is 9.69 Å². The molecule has 0 spiro atoms. The third-order valence-corrected chi connectivity index (χ3v) is 6.11. The van der Waals surface area contributed by atoms with Crippen LogP contribution in [0.4, 0.5) is 5.69 Å². The number of carbonyl (C=O) groups excluding carboxylic acids is 1. The molecule has 0 saturated heterocycles. The van der Waals surface area contributed by atoms with E-state index in [1.54, 1.807) is 0 Å². The van der Waals surface area contributed by atoms with Crippen LogP contribution in [0.5, 0.6) is 5.75 Å². The van der Waals surface area contributed by atoms with Crippen LogP contribution in [-0.4, -0.2) is 28.5 Å². The second-order valence-electron chi connectivity index (χ2n) is 7.50. The Labute approximate surface area is 190 Å². The highest BCUT2D eigenvalue weighted by Gasteiger charge is 2.33. The van der Waals surface area contributed by atoms with Gasteiger partial charge < -0.3 is 9.15 Å². The van der Waals surface area contributed by atoms with Crippen molar-refractivity contribution in [3.05, 3.63) is 90.0 Å². The molecule has 0 N–H and O–H groups in total. The van der Waals surface area contributed by atoms with Gasteiger partial charge in [-0.2, -0.15) is 0 Å². The Morgan fingerprint density at radius 1 is 1.00 bits per heavy atom. The van der Waals surface area contributed by atoms with E-state index in [0.717, 1.165) is 22.4 Å². The fourth-order valence-corrected chi connectivity index (χ4v) is 4.31. The van der Waals surface area contributed by atoms with Gasteiger partial charge in [-0.1, -0.05) is 71.9 Å². The van der Waals surface area contributed by atoms with Crippen molar-refractivity contribution in [1.82, 2.24) is 10.2 Å². The average molecular weight is 444 g/mol. The third-order valence-electron chi connectivity index (χ3n) is 5.31. The number of nitrogens with zero attached hydrogens (tertiary/aromatic N) is 3. The van der Waals surface area contributed by atoms with Gasteiger partial charge in [0.05, 0.1) is 17.5 Å². The predicted octanol–water partition coefficient (Wildman–Crippen LogP) is 5.30. The van der Waals surface area contributed by atoms with Crippen LogP contribution in [0.15, 0.2) is 88.5 Å². The molecular weight excluding hydrogens is 422 g/mol. The summed E-state index contributed by atoms with van der Waals surface area (Å²) >= 11 is 1.24. The molecule has 4 aromatic rings. The van der Waals surface area contributed by atoms with Crippen molar-refractivity contribution in [2.45, 2.75) is 18.2 Å². The van der Waals surface area contributed by atoms with Crippen molar-refractivity contribution in [2.75, 3.05) is 17.3 Å². The lowest BCUT2D eigenvalue weighted by Crippen LogP contribution is -2.42. The maximum absolute atomic E-state index is 13.4. The number of aromatic nitrogens is 2. The zero-order valence-electron chi connectivity index (χ0n) is 17.5. The van der Waals surface area contributed by atoms with Gasteiger partial charge in [0.1, 0.15) is 12.4 Å². The Morgan fingerprint density at radius 3 is 2.56 bits per heavy atom. The highest BCUT2D eigenvalue weighted by molar-refractivity contribution is 7.99. The molecule has 7 heteroatoms. The van der Waals surface area contributed by atoms with Crippen LogP contribution in [0, 0.1) is 6.92 Å². The maximum Gasteiger partial charge on any atom is 0.277 e. The molecule has 1 aliphatic heterocycles. The number of fused-ring (bicyclic) bond motifs is 1. The van der Waals surface area contributed by atoms with E-state index in [1.165, 1.54) is 11.8 Å².